The zero-order valence-electron chi connectivity index (χ0n) is 8.76. The summed E-state index contributed by atoms with van der Waals surface area (Å²) in [5, 5.41) is 17.4. The third kappa shape index (κ3) is 2.75. The van der Waals surface area contributed by atoms with Crippen molar-refractivity contribution in [1.82, 2.24) is 4.31 Å². The van der Waals surface area contributed by atoms with Gasteiger partial charge in [0.05, 0.1) is 17.6 Å². The number of halogens is 1. The van der Waals surface area contributed by atoms with Gasteiger partial charge in [-0.3, -0.25) is 0 Å². The topological polar surface area (TPSA) is 64.3 Å². The average molecular weight is 252 g/mol. The molecule has 2 rings (SSSR count). The molecule has 1 aromatic carbocycles. The van der Waals surface area contributed by atoms with E-state index in [1.807, 2.05) is 4.31 Å². The van der Waals surface area contributed by atoms with Crippen LogP contribution in [0.4, 0.5) is 4.39 Å². The third-order valence-electron chi connectivity index (χ3n) is 2.38. The van der Waals surface area contributed by atoms with Crippen LogP contribution in [0, 0.1) is 23.1 Å². The number of nitriles is 1. The zero-order chi connectivity index (χ0) is 12.4. The Balaban J connectivity index is 2.07. The van der Waals surface area contributed by atoms with Gasteiger partial charge in [0.15, 0.2) is 0 Å². The molecule has 17 heavy (non-hydrogen) atoms. The fourth-order valence-electron chi connectivity index (χ4n) is 1.48. The summed E-state index contributed by atoms with van der Waals surface area (Å²) in [5.41, 5.74) is -0.0649. The number of aromatic carboxylic acids is 1. The third-order valence-corrected chi connectivity index (χ3v) is 3.39. The second-order valence-electron chi connectivity index (χ2n) is 3.75. The molecule has 1 fully saturated rings. The van der Waals surface area contributed by atoms with E-state index in [0.717, 1.165) is 6.07 Å². The van der Waals surface area contributed by atoms with Crippen LogP contribution in [0.15, 0.2) is 23.1 Å². The first-order valence-corrected chi connectivity index (χ1v) is 5.72. The molecule has 0 aliphatic carbocycles. The van der Waals surface area contributed by atoms with E-state index in [9.17, 15) is 9.18 Å². The van der Waals surface area contributed by atoms with E-state index >= 15 is 0 Å². The van der Waals surface area contributed by atoms with Gasteiger partial charge in [-0.05, 0) is 30.1 Å². The summed E-state index contributed by atoms with van der Waals surface area (Å²) in [6, 6.07) is 5.84. The highest BCUT2D eigenvalue weighted by molar-refractivity contribution is 7.97. The highest BCUT2D eigenvalue weighted by atomic mass is 32.2. The molecule has 1 N–H and O–H groups in total. The molecular weight excluding hydrogens is 243 g/mol. The largest absolute Gasteiger partial charge is 0.478 e. The Labute approximate surface area is 102 Å². The maximum Gasteiger partial charge on any atom is 0.335 e. The van der Waals surface area contributed by atoms with E-state index in [2.05, 4.69) is 6.07 Å². The summed E-state index contributed by atoms with van der Waals surface area (Å²) >= 11 is 1.27. The van der Waals surface area contributed by atoms with Gasteiger partial charge in [0.25, 0.3) is 0 Å². The van der Waals surface area contributed by atoms with Crippen molar-refractivity contribution in [2.75, 3.05) is 13.1 Å². The minimum atomic E-state index is -1.15. The fraction of sp³-hybridized carbons (Fsp3) is 0.273. The molecule has 0 spiro atoms. The molecule has 0 atom stereocenters. The van der Waals surface area contributed by atoms with Crippen LogP contribution in [0.1, 0.15) is 10.4 Å². The summed E-state index contributed by atoms with van der Waals surface area (Å²) in [6.07, 6.45) is 0. The van der Waals surface area contributed by atoms with Crippen LogP contribution in [-0.2, 0) is 0 Å². The lowest BCUT2D eigenvalue weighted by atomic mass is 10.1. The van der Waals surface area contributed by atoms with E-state index in [1.54, 1.807) is 0 Å². The van der Waals surface area contributed by atoms with Gasteiger partial charge in [-0.25, -0.2) is 13.5 Å². The molecular formula is C11H9FN2O2S. The second-order valence-corrected chi connectivity index (χ2v) is 4.92. The number of rotatable bonds is 3. The predicted molar refractivity (Wildman–Crippen MR) is 59.9 cm³/mol. The van der Waals surface area contributed by atoms with Crippen molar-refractivity contribution < 1.29 is 14.3 Å². The molecule has 1 aromatic rings. The molecule has 0 amide bonds. The van der Waals surface area contributed by atoms with Crippen LogP contribution < -0.4 is 0 Å². The number of benzene rings is 1. The van der Waals surface area contributed by atoms with Crippen molar-refractivity contribution in [2.45, 2.75) is 4.90 Å². The van der Waals surface area contributed by atoms with E-state index in [-0.39, 0.29) is 11.5 Å². The summed E-state index contributed by atoms with van der Waals surface area (Å²) in [7, 11) is 0. The lowest BCUT2D eigenvalue weighted by Crippen LogP contribution is -2.40. The maximum atomic E-state index is 13.2. The Morgan fingerprint density at radius 1 is 1.53 bits per heavy atom. The van der Waals surface area contributed by atoms with Crippen molar-refractivity contribution in [2.24, 2.45) is 5.92 Å². The van der Waals surface area contributed by atoms with Gasteiger partial charge in [0.1, 0.15) is 5.82 Å². The van der Waals surface area contributed by atoms with Crippen LogP contribution in [0.2, 0.25) is 0 Å². The normalized spacial score (nSPS) is 16.2. The molecule has 88 valence electrons. The van der Waals surface area contributed by atoms with Crippen LogP contribution in [0.5, 0.6) is 0 Å². The first-order chi connectivity index (χ1) is 8.08. The SMILES string of the molecule is N#CC1CN(Sc2cc(F)cc(C(=O)O)c2)C1. The molecule has 1 saturated heterocycles. The Kier molecular flexibility index (Phi) is 3.31. The van der Waals surface area contributed by atoms with Gasteiger partial charge in [0, 0.05) is 18.0 Å². The predicted octanol–water partition coefficient (Wildman–Crippen LogP) is 1.99. The molecule has 0 unspecified atom stereocenters. The summed E-state index contributed by atoms with van der Waals surface area (Å²) < 4.78 is 15.1. The van der Waals surface area contributed by atoms with Crippen LogP contribution >= 0.6 is 11.9 Å². The van der Waals surface area contributed by atoms with Gasteiger partial charge in [-0.1, -0.05) is 0 Å². The number of carboxylic acids is 1. The van der Waals surface area contributed by atoms with Crippen LogP contribution in [0.25, 0.3) is 0 Å². The molecule has 0 radical (unpaired) electrons. The molecule has 4 nitrogen and oxygen atoms in total. The Bertz CT molecular complexity index is 495. The molecule has 1 heterocycles. The minimum absolute atomic E-state index is 0.0232. The molecule has 1 aliphatic rings. The fourth-order valence-corrected chi connectivity index (χ4v) is 2.63. The summed E-state index contributed by atoms with van der Waals surface area (Å²) in [5.74, 6) is -1.69. The average Bonchev–Trinajstić information content (AvgIpc) is 2.21. The van der Waals surface area contributed by atoms with Crippen molar-refractivity contribution >= 4 is 17.9 Å². The number of hydrogen-bond donors (Lipinski definition) is 1. The maximum absolute atomic E-state index is 13.2. The van der Waals surface area contributed by atoms with Gasteiger partial charge in [0.2, 0.25) is 0 Å². The first kappa shape index (κ1) is 11.9. The highest BCUT2D eigenvalue weighted by Crippen LogP contribution is 2.31. The Morgan fingerprint density at radius 3 is 2.82 bits per heavy atom. The van der Waals surface area contributed by atoms with Crippen molar-refractivity contribution in [3.8, 4) is 6.07 Å². The molecule has 0 aromatic heterocycles. The van der Waals surface area contributed by atoms with Crippen molar-refractivity contribution in [1.29, 1.82) is 5.26 Å². The zero-order valence-corrected chi connectivity index (χ0v) is 9.58. The van der Waals surface area contributed by atoms with Gasteiger partial charge in [-0.2, -0.15) is 5.26 Å². The van der Waals surface area contributed by atoms with E-state index in [4.69, 9.17) is 10.4 Å². The van der Waals surface area contributed by atoms with Gasteiger partial charge in [-0.15, -0.1) is 0 Å². The van der Waals surface area contributed by atoms with Crippen LogP contribution in [0.3, 0.4) is 0 Å². The highest BCUT2D eigenvalue weighted by Gasteiger charge is 2.27. The smallest absolute Gasteiger partial charge is 0.335 e. The molecule has 1 aliphatic heterocycles. The standard InChI is InChI=1S/C11H9FN2O2S/c12-9-1-8(11(15)16)2-10(3-9)17-14-5-7(4-13)6-14/h1-3,7H,5-6H2,(H,15,16). The van der Waals surface area contributed by atoms with E-state index < -0.39 is 11.8 Å². The lowest BCUT2D eigenvalue weighted by Gasteiger charge is -2.33. The molecule has 0 bridgehead atoms. The van der Waals surface area contributed by atoms with Crippen molar-refractivity contribution in [3.63, 3.8) is 0 Å². The lowest BCUT2D eigenvalue weighted by molar-refractivity contribution is 0.0696. The van der Waals surface area contributed by atoms with Gasteiger partial charge < -0.3 is 5.11 Å². The van der Waals surface area contributed by atoms with Gasteiger partial charge >= 0.3 is 5.97 Å². The summed E-state index contributed by atoms with van der Waals surface area (Å²) in [6.45, 7) is 1.25. The monoisotopic (exact) mass is 252 g/mol. The Hall–Kier alpha value is -1.58. The number of carboxylic acid groups (broad SMARTS) is 1. The van der Waals surface area contributed by atoms with Crippen molar-refractivity contribution in [3.05, 3.63) is 29.6 Å². The van der Waals surface area contributed by atoms with Crippen LogP contribution in [-0.4, -0.2) is 28.5 Å². The quantitative estimate of drug-likeness (QED) is 0.833. The van der Waals surface area contributed by atoms with E-state index in [0.29, 0.717) is 18.0 Å². The number of carbonyl (C=O) groups is 1. The molecule has 6 heteroatoms. The van der Waals surface area contributed by atoms with E-state index in [1.165, 1.54) is 24.1 Å². The number of hydrogen-bond acceptors (Lipinski definition) is 4. The minimum Gasteiger partial charge on any atom is -0.478 e. The first-order valence-electron chi connectivity index (χ1n) is 4.95. The molecule has 0 saturated carbocycles. The summed E-state index contributed by atoms with van der Waals surface area (Å²) in [4.78, 5) is 11.3. The Morgan fingerprint density at radius 2 is 2.24 bits per heavy atom. The number of nitrogens with zero attached hydrogens (tertiary/aromatic N) is 2. The second kappa shape index (κ2) is 4.73.